The summed E-state index contributed by atoms with van der Waals surface area (Å²) in [6, 6.07) is 4.18. The van der Waals surface area contributed by atoms with Crippen LogP contribution in [0.2, 0.25) is 0 Å². The molecule has 0 atom stereocenters. The highest BCUT2D eigenvalue weighted by molar-refractivity contribution is 6.01. The Kier molecular flexibility index (Phi) is 4.88. The number of nitrogens with zero attached hydrogens (tertiary/aromatic N) is 2. The van der Waals surface area contributed by atoms with Gasteiger partial charge in [0, 0.05) is 12.6 Å². The van der Waals surface area contributed by atoms with Crippen LogP contribution in [-0.2, 0) is 13.2 Å². The van der Waals surface area contributed by atoms with Gasteiger partial charge in [-0.3, -0.25) is 9.48 Å². The van der Waals surface area contributed by atoms with Gasteiger partial charge in [0.25, 0.3) is 5.91 Å². The number of primary amides is 1. The molecule has 2 N–H and O–H groups in total. The zero-order valence-corrected chi connectivity index (χ0v) is 12.8. The summed E-state index contributed by atoms with van der Waals surface area (Å²) in [6.45, 7) is 0. The van der Waals surface area contributed by atoms with Gasteiger partial charge < -0.3 is 10.5 Å². The monoisotopic (exact) mass is 385 g/mol. The number of ether oxygens (including phenoxy) is 1. The van der Waals surface area contributed by atoms with E-state index in [1.54, 1.807) is 0 Å². The molecule has 2 rings (SSSR count). The summed E-state index contributed by atoms with van der Waals surface area (Å²) in [5.41, 5.74) is 1.15. The molecule has 26 heavy (non-hydrogen) atoms. The maximum atomic E-state index is 13.2. The number of para-hydroxylation sites is 1. The smallest absolute Gasteiger partial charge is 0.428 e. The van der Waals surface area contributed by atoms with E-state index >= 15 is 0 Å². The van der Waals surface area contributed by atoms with E-state index < -0.39 is 52.9 Å². The van der Waals surface area contributed by atoms with Gasteiger partial charge in [-0.05, 0) is 12.1 Å². The molecule has 0 saturated carbocycles. The number of aryl methyl sites for hydroxylation is 1. The normalized spacial score (nSPS) is 12.5. The number of aromatic nitrogens is 2. The lowest BCUT2D eigenvalue weighted by atomic mass is 10.0. The minimum absolute atomic E-state index is 0.493. The number of rotatable bonds is 5. The summed E-state index contributed by atoms with van der Waals surface area (Å²) in [6.07, 6.45) is -14.2. The first-order chi connectivity index (χ1) is 11.9. The van der Waals surface area contributed by atoms with Crippen LogP contribution in [-0.4, -0.2) is 28.2 Å². The van der Waals surface area contributed by atoms with Crippen LogP contribution in [0.1, 0.15) is 16.1 Å². The van der Waals surface area contributed by atoms with Crippen LogP contribution < -0.4 is 10.5 Å². The molecule has 0 spiro atoms. The van der Waals surface area contributed by atoms with Gasteiger partial charge in [-0.15, -0.1) is 0 Å². The Morgan fingerprint density at radius 3 is 2.27 bits per heavy atom. The van der Waals surface area contributed by atoms with Crippen molar-refractivity contribution in [3.63, 3.8) is 0 Å². The van der Waals surface area contributed by atoms with Crippen LogP contribution in [0.3, 0.4) is 0 Å². The molecule has 0 aliphatic carbocycles. The molecular weight excluding hydrogens is 375 g/mol. The van der Waals surface area contributed by atoms with Gasteiger partial charge >= 0.3 is 18.7 Å². The number of benzene rings is 1. The van der Waals surface area contributed by atoms with Gasteiger partial charge in [-0.25, -0.2) is 0 Å². The van der Waals surface area contributed by atoms with Crippen LogP contribution in [0, 0.1) is 0 Å². The molecule has 0 saturated heterocycles. The van der Waals surface area contributed by atoms with Gasteiger partial charge in [0.05, 0.1) is 11.3 Å². The number of carbonyl (C=O) groups is 1. The van der Waals surface area contributed by atoms with Crippen LogP contribution in [0.25, 0.3) is 11.3 Å². The summed E-state index contributed by atoms with van der Waals surface area (Å²) in [4.78, 5) is 11.5. The van der Waals surface area contributed by atoms with Crippen molar-refractivity contribution in [2.45, 2.75) is 18.7 Å². The standard InChI is InChI=1S/C14H10F7N3O2/c1-24-9(8(11(22)25)10(23-24)13(17,18)19)6-4-2-3-5-7(6)26-14(20,21)12(15)16/h2-5,12H,1H3,(H2,22,25). The lowest BCUT2D eigenvalue weighted by Crippen LogP contribution is -2.33. The van der Waals surface area contributed by atoms with Crippen molar-refractivity contribution in [3.05, 3.63) is 35.5 Å². The summed E-state index contributed by atoms with van der Waals surface area (Å²) in [5, 5.41) is 3.15. The molecule has 1 heterocycles. The SMILES string of the molecule is Cn1nc(C(F)(F)F)c(C(N)=O)c1-c1ccccc1OC(F)(F)C(F)F. The second-order valence-corrected chi connectivity index (χ2v) is 5.02. The predicted molar refractivity (Wildman–Crippen MR) is 73.7 cm³/mol. The van der Waals surface area contributed by atoms with Crippen LogP contribution in [0.15, 0.2) is 24.3 Å². The molecule has 1 amide bonds. The third-order valence-corrected chi connectivity index (χ3v) is 3.20. The molecule has 0 fully saturated rings. The zero-order valence-electron chi connectivity index (χ0n) is 12.8. The molecule has 5 nitrogen and oxygen atoms in total. The molecule has 0 aliphatic heterocycles. The molecule has 12 heteroatoms. The van der Waals surface area contributed by atoms with Crippen molar-refractivity contribution in [2.24, 2.45) is 12.8 Å². The summed E-state index contributed by atoms with van der Waals surface area (Å²) in [5.74, 6) is -2.41. The number of alkyl halides is 7. The number of hydrogen-bond acceptors (Lipinski definition) is 3. The maximum absolute atomic E-state index is 13.2. The Hall–Kier alpha value is -2.79. The average molecular weight is 385 g/mol. The minimum Gasteiger partial charge on any atom is -0.428 e. The Bertz CT molecular complexity index is 830. The van der Waals surface area contributed by atoms with E-state index in [0.29, 0.717) is 4.68 Å². The first-order valence-electron chi connectivity index (χ1n) is 6.74. The Balaban J connectivity index is 2.71. The lowest BCUT2D eigenvalue weighted by Gasteiger charge is -2.19. The second-order valence-electron chi connectivity index (χ2n) is 5.02. The lowest BCUT2D eigenvalue weighted by molar-refractivity contribution is -0.253. The highest BCUT2D eigenvalue weighted by Gasteiger charge is 2.45. The van der Waals surface area contributed by atoms with Gasteiger partial charge in [-0.1, -0.05) is 12.1 Å². The predicted octanol–water partition coefficient (Wildman–Crippen LogP) is 3.44. The van der Waals surface area contributed by atoms with E-state index in [1.165, 1.54) is 6.07 Å². The third kappa shape index (κ3) is 3.58. The topological polar surface area (TPSA) is 70.1 Å². The van der Waals surface area contributed by atoms with Gasteiger partial charge in [0.2, 0.25) is 0 Å². The molecule has 2 aromatic rings. The van der Waals surface area contributed by atoms with Gasteiger partial charge in [-0.2, -0.15) is 35.8 Å². The number of halogens is 7. The molecule has 0 bridgehead atoms. The number of amides is 1. The van der Waals surface area contributed by atoms with Gasteiger partial charge in [0.15, 0.2) is 5.69 Å². The van der Waals surface area contributed by atoms with E-state index in [1.807, 2.05) is 0 Å². The molecule has 1 aromatic carbocycles. The fourth-order valence-corrected chi connectivity index (χ4v) is 2.21. The third-order valence-electron chi connectivity index (χ3n) is 3.20. The molecule has 0 unspecified atom stereocenters. The van der Waals surface area contributed by atoms with Gasteiger partial charge in [0.1, 0.15) is 5.75 Å². The zero-order chi connectivity index (χ0) is 19.9. The Labute approximate surface area is 141 Å². The first-order valence-corrected chi connectivity index (χ1v) is 6.74. The highest BCUT2D eigenvalue weighted by Crippen LogP contribution is 2.40. The van der Waals surface area contributed by atoms with E-state index in [-0.39, 0.29) is 0 Å². The number of hydrogen-bond donors (Lipinski definition) is 1. The molecule has 0 radical (unpaired) electrons. The van der Waals surface area contributed by atoms with Crippen LogP contribution in [0.4, 0.5) is 30.7 Å². The second kappa shape index (κ2) is 6.50. The average Bonchev–Trinajstić information content (AvgIpc) is 2.85. The molecule has 1 aromatic heterocycles. The number of carbonyl (C=O) groups excluding carboxylic acids is 1. The fourth-order valence-electron chi connectivity index (χ4n) is 2.21. The number of nitrogens with two attached hydrogens (primary N) is 1. The molecular formula is C14H10F7N3O2. The maximum Gasteiger partial charge on any atom is 0.461 e. The van der Waals surface area contributed by atoms with Crippen LogP contribution >= 0.6 is 0 Å². The first kappa shape index (κ1) is 19.5. The molecule has 0 aliphatic rings. The summed E-state index contributed by atoms with van der Waals surface area (Å²) in [7, 11) is 0.999. The van der Waals surface area contributed by atoms with Crippen LogP contribution in [0.5, 0.6) is 5.75 Å². The Morgan fingerprint density at radius 2 is 1.77 bits per heavy atom. The van der Waals surface area contributed by atoms with Crippen molar-refractivity contribution in [2.75, 3.05) is 0 Å². The van der Waals surface area contributed by atoms with E-state index in [0.717, 1.165) is 25.2 Å². The van der Waals surface area contributed by atoms with Crippen molar-refractivity contribution in [1.82, 2.24) is 9.78 Å². The van der Waals surface area contributed by atoms with Crippen molar-refractivity contribution >= 4 is 5.91 Å². The largest absolute Gasteiger partial charge is 0.461 e. The summed E-state index contributed by atoms with van der Waals surface area (Å²) < 4.78 is 94.9. The highest BCUT2D eigenvalue weighted by atomic mass is 19.4. The Morgan fingerprint density at radius 1 is 1.19 bits per heavy atom. The van der Waals surface area contributed by atoms with Crippen molar-refractivity contribution in [3.8, 4) is 17.0 Å². The summed E-state index contributed by atoms with van der Waals surface area (Å²) >= 11 is 0. The van der Waals surface area contributed by atoms with E-state index in [4.69, 9.17) is 5.73 Å². The molecule has 142 valence electrons. The van der Waals surface area contributed by atoms with E-state index in [9.17, 15) is 35.5 Å². The van der Waals surface area contributed by atoms with E-state index in [2.05, 4.69) is 9.84 Å². The quantitative estimate of drug-likeness (QED) is 0.802. The fraction of sp³-hybridized carbons (Fsp3) is 0.286. The van der Waals surface area contributed by atoms with Crippen molar-refractivity contribution < 1.29 is 40.3 Å². The minimum atomic E-state index is -5.07. The van der Waals surface area contributed by atoms with Crippen molar-refractivity contribution in [1.29, 1.82) is 0 Å².